The van der Waals surface area contributed by atoms with Crippen molar-refractivity contribution < 1.29 is 43.2 Å². The van der Waals surface area contributed by atoms with E-state index in [0.717, 1.165) is 6.92 Å². The summed E-state index contributed by atoms with van der Waals surface area (Å²) >= 11 is 0. The quantitative estimate of drug-likeness (QED) is 0.407. The standard InChI is InChI=1S/C23H25NO9/c1-13(25)33-22(23(27)28)17-10-14(6-8-18(17)30-3)24-21(26)9-7-16-19(31-4)11-15(29-2)12-20(16)32-5/h6-12,22H,1-5H3,(H,24,26)(H,27,28). The third-order valence-corrected chi connectivity index (χ3v) is 4.44. The Labute approximate surface area is 190 Å². The number of anilines is 1. The lowest BCUT2D eigenvalue weighted by Crippen LogP contribution is -2.19. The van der Waals surface area contributed by atoms with Crippen LogP contribution in [0.4, 0.5) is 5.69 Å². The monoisotopic (exact) mass is 459 g/mol. The molecule has 1 atom stereocenters. The van der Waals surface area contributed by atoms with Crippen molar-refractivity contribution in [3.05, 3.63) is 47.5 Å². The lowest BCUT2D eigenvalue weighted by molar-refractivity contribution is -0.163. The number of methoxy groups -OCH3 is 4. The Morgan fingerprint density at radius 3 is 2.00 bits per heavy atom. The zero-order valence-corrected chi connectivity index (χ0v) is 18.8. The summed E-state index contributed by atoms with van der Waals surface area (Å²) in [5.41, 5.74) is 0.861. The number of hydrogen-bond donors (Lipinski definition) is 2. The first-order valence-corrected chi connectivity index (χ1v) is 9.61. The van der Waals surface area contributed by atoms with E-state index >= 15 is 0 Å². The molecule has 0 saturated heterocycles. The largest absolute Gasteiger partial charge is 0.496 e. The number of ether oxygens (including phenoxy) is 5. The number of amides is 1. The molecule has 176 valence electrons. The molecule has 0 saturated carbocycles. The molecule has 2 aromatic rings. The lowest BCUT2D eigenvalue weighted by Gasteiger charge is -2.17. The molecule has 1 unspecified atom stereocenters. The van der Waals surface area contributed by atoms with Gasteiger partial charge in [0.2, 0.25) is 12.0 Å². The zero-order valence-electron chi connectivity index (χ0n) is 18.8. The van der Waals surface area contributed by atoms with Crippen LogP contribution in [0.1, 0.15) is 24.2 Å². The number of hydrogen-bond acceptors (Lipinski definition) is 8. The second-order valence-corrected chi connectivity index (χ2v) is 6.55. The van der Waals surface area contributed by atoms with Crippen LogP contribution in [0.3, 0.4) is 0 Å². The maximum Gasteiger partial charge on any atom is 0.349 e. The van der Waals surface area contributed by atoms with Crippen molar-refractivity contribution in [2.45, 2.75) is 13.0 Å². The average Bonchev–Trinajstić information content (AvgIpc) is 2.80. The third kappa shape index (κ3) is 6.39. The third-order valence-electron chi connectivity index (χ3n) is 4.44. The Kier molecular flexibility index (Phi) is 8.67. The molecule has 0 aromatic heterocycles. The van der Waals surface area contributed by atoms with Crippen LogP contribution in [0.15, 0.2) is 36.4 Å². The molecule has 2 N–H and O–H groups in total. The maximum atomic E-state index is 12.5. The molecule has 0 aliphatic carbocycles. The van der Waals surface area contributed by atoms with Crippen molar-refractivity contribution in [3.63, 3.8) is 0 Å². The summed E-state index contributed by atoms with van der Waals surface area (Å²) in [4.78, 5) is 35.4. The Balaban J connectivity index is 2.32. The van der Waals surface area contributed by atoms with Gasteiger partial charge in [0.05, 0.1) is 34.0 Å². The summed E-state index contributed by atoms with van der Waals surface area (Å²) in [5, 5.41) is 12.1. The summed E-state index contributed by atoms with van der Waals surface area (Å²) in [5.74, 6) is -1.08. The zero-order chi connectivity index (χ0) is 24.5. The van der Waals surface area contributed by atoms with Crippen LogP contribution in [0.25, 0.3) is 6.08 Å². The van der Waals surface area contributed by atoms with Gasteiger partial charge in [-0.1, -0.05) is 0 Å². The van der Waals surface area contributed by atoms with Gasteiger partial charge in [0.15, 0.2) is 0 Å². The highest BCUT2D eigenvalue weighted by molar-refractivity contribution is 6.02. The van der Waals surface area contributed by atoms with Gasteiger partial charge in [-0.15, -0.1) is 0 Å². The number of aliphatic carboxylic acids is 1. The lowest BCUT2D eigenvalue weighted by atomic mass is 10.1. The van der Waals surface area contributed by atoms with Gasteiger partial charge in [-0.05, 0) is 24.3 Å². The van der Waals surface area contributed by atoms with Crippen LogP contribution in [-0.2, 0) is 19.1 Å². The summed E-state index contributed by atoms with van der Waals surface area (Å²) < 4.78 is 26.0. The van der Waals surface area contributed by atoms with Crippen LogP contribution < -0.4 is 24.3 Å². The molecule has 10 heteroatoms. The molecular formula is C23H25NO9. The number of nitrogens with one attached hydrogen (secondary N) is 1. The molecule has 0 heterocycles. The second kappa shape index (κ2) is 11.4. The number of carboxylic acids is 1. The molecule has 0 bridgehead atoms. The van der Waals surface area contributed by atoms with Crippen LogP contribution >= 0.6 is 0 Å². The van der Waals surface area contributed by atoms with Gasteiger partial charge < -0.3 is 34.1 Å². The minimum atomic E-state index is -1.60. The fourth-order valence-corrected chi connectivity index (χ4v) is 2.97. The molecule has 33 heavy (non-hydrogen) atoms. The normalized spacial score (nSPS) is 11.4. The summed E-state index contributed by atoms with van der Waals surface area (Å²) in [6.45, 7) is 1.10. The summed E-state index contributed by atoms with van der Waals surface area (Å²) in [7, 11) is 5.82. The molecule has 0 spiro atoms. The Bertz CT molecular complexity index is 1040. The van der Waals surface area contributed by atoms with E-state index in [4.69, 9.17) is 23.7 Å². The predicted octanol–water partition coefficient (Wildman–Crippen LogP) is 3.06. The number of carbonyl (C=O) groups excluding carboxylic acids is 2. The van der Waals surface area contributed by atoms with E-state index in [1.165, 1.54) is 58.8 Å². The summed E-state index contributed by atoms with van der Waals surface area (Å²) in [6.07, 6.45) is 1.17. The minimum Gasteiger partial charge on any atom is -0.496 e. The fourth-order valence-electron chi connectivity index (χ4n) is 2.97. The van der Waals surface area contributed by atoms with Crippen LogP contribution in [0, 0.1) is 0 Å². The van der Waals surface area contributed by atoms with Crippen molar-refractivity contribution >= 4 is 29.6 Å². The van der Waals surface area contributed by atoms with E-state index in [2.05, 4.69) is 5.32 Å². The molecule has 0 radical (unpaired) electrons. The molecule has 0 aliphatic heterocycles. The number of rotatable bonds is 10. The number of carbonyl (C=O) groups is 3. The van der Waals surface area contributed by atoms with Gasteiger partial charge in [0, 0.05) is 36.4 Å². The van der Waals surface area contributed by atoms with E-state index < -0.39 is 23.9 Å². The first-order chi connectivity index (χ1) is 15.7. The van der Waals surface area contributed by atoms with Crippen LogP contribution in [-0.4, -0.2) is 51.4 Å². The molecule has 10 nitrogen and oxygen atoms in total. The highest BCUT2D eigenvalue weighted by atomic mass is 16.6. The molecular weight excluding hydrogens is 434 g/mol. The molecule has 0 fully saturated rings. The van der Waals surface area contributed by atoms with Gasteiger partial charge in [-0.2, -0.15) is 0 Å². The van der Waals surface area contributed by atoms with Crippen LogP contribution in [0.5, 0.6) is 23.0 Å². The van der Waals surface area contributed by atoms with E-state index in [0.29, 0.717) is 22.8 Å². The Hall–Kier alpha value is -4.21. The predicted molar refractivity (Wildman–Crippen MR) is 119 cm³/mol. The van der Waals surface area contributed by atoms with Crippen molar-refractivity contribution in [1.29, 1.82) is 0 Å². The topological polar surface area (TPSA) is 130 Å². The van der Waals surface area contributed by atoms with Crippen LogP contribution in [0.2, 0.25) is 0 Å². The van der Waals surface area contributed by atoms with E-state index in [1.807, 2.05) is 0 Å². The molecule has 2 aromatic carbocycles. The van der Waals surface area contributed by atoms with Gasteiger partial charge in [-0.3, -0.25) is 9.59 Å². The van der Waals surface area contributed by atoms with Crippen molar-refractivity contribution in [3.8, 4) is 23.0 Å². The van der Waals surface area contributed by atoms with Gasteiger partial charge in [0.25, 0.3) is 0 Å². The maximum absolute atomic E-state index is 12.5. The first kappa shape index (κ1) is 25.1. The highest BCUT2D eigenvalue weighted by Crippen LogP contribution is 2.35. The summed E-state index contributed by atoms with van der Waals surface area (Å²) in [6, 6.07) is 7.65. The highest BCUT2D eigenvalue weighted by Gasteiger charge is 2.27. The Morgan fingerprint density at radius 2 is 1.52 bits per heavy atom. The van der Waals surface area contributed by atoms with Gasteiger partial charge >= 0.3 is 11.9 Å². The Morgan fingerprint density at radius 1 is 0.909 bits per heavy atom. The number of benzene rings is 2. The van der Waals surface area contributed by atoms with Crippen molar-refractivity contribution in [1.82, 2.24) is 0 Å². The molecule has 1 amide bonds. The van der Waals surface area contributed by atoms with E-state index in [9.17, 15) is 19.5 Å². The minimum absolute atomic E-state index is 0.0699. The van der Waals surface area contributed by atoms with Gasteiger partial charge in [-0.25, -0.2) is 4.79 Å². The second-order valence-electron chi connectivity index (χ2n) is 6.55. The van der Waals surface area contributed by atoms with E-state index in [-0.39, 0.29) is 17.0 Å². The van der Waals surface area contributed by atoms with Crippen molar-refractivity contribution in [2.24, 2.45) is 0 Å². The molecule has 2 rings (SSSR count). The van der Waals surface area contributed by atoms with E-state index in [1.54, 1.807) is 12.1 Å². The average molecular weight is 459 g/mol. The SMILES string of the molecule is COc1cc(OC)c(C=CC(=O)Nc2ccc(OC)c(C(OC(C)=O)C(=O)O)c2)c(OC)c1. The first-order valence-electron chi connectivity index (χ1n) is 9.61. The van der Waals surface area contributed by atoms with Crippen molar-refractivity contribution in [2.75, 3.05) is 33.8 Å². The number of esters is 1. The number of carboxylic acid groups (broad SMARTS) is 1. The van der Waals surface area contributed by atoms with Gasteiger partial charge in [0.1, 0.15) is 23.0 Å². The fraction of sp³-hybridized carbons (Fsp3) is 0.261. The molecule has 0 aliphatic rings. The smallest absolute Gasteiger partial charge is 0.349 e.